The van der Waals surface area contributed by atoms with E-state index in [2.05, 4.69) is 138 Å². The Morgan fingerprint density at radius 3 is 1.67 bits per heavy atom. The first kappa shape index (κ1) is 30.3. The Hall–Kier alpha value is -7.37. The third kappa shape index (κ3) is 4.90. The van der Waals surface area contributed by atoms with Crippen molar-refractivity contribution >= 4 is 54.5 Å². The zero-order chi connectivity index (χ0) is 35.6. The highest BCUT2D eigenvalue weighted by molar-refractivity contribution is 6.15. The smallest absolute Gasteiger partial charge is 0.166 e. The predicted octanol–water partition coefficient (Wildman–Crippen LogP) is 12.7. The number of aromatic nitrogens is 4. The predicted molar refractivity (Wildman–Crippen MR) is 221 cm³/mol. The first-order chi connectivity index (χ1) is 26.7. The van der Waals surface area contributed by atoms with Gasteiger partial charge in [-0.25, -0.2) is 15.0 Å². The third-order valence-electron chi connectivity index (χ3n) is 10.4. The van der Waals surface area contributed by atoms with E-state index in [0.717, 1.165) is 66.5 Å². The van der Waals surface area contributed by atoms with E-state index in [9.17, 15) is 0 Å². The zero-order valence-electron chi connectivity index (χ0n) is 29.0. The van der Waals surface area contributed by atoms with Gasteiger partial charge in [-0.1, -0.05) is 146 Å². The summed E-state index contributed by atoms with van der Waals surface area (Å²) < 4.78 is 8.89. The Balaban J connectivity index is 1.22. The molecule has 252 valence electrons. The van der Waals surface area contributed by atoms with Gasteiger partial charge < -0.3 is 8.98 Å². The van der Waals surface area contributed by atoms with Crippen LogP contribution in [-0.4, -0.2) is 19.5 Å². The van der Waals surface area contributed by atoms with Gasteiger partial charge in [-0.15, -0.1) is 0 Å². The largest absolute Gasteiger partial charge is 0.456 e. The van der Waals surface area contributed by atoms with Crippen molar-refractivity contribution in [2.45, 2.75) is 0 Å². The summed E-state index contributed by atoms with van der Waals surface area (Å²) in [5, 5.41) is 6.78. The molecule has 0 atom stereocenters. The topological polar surface area (TPSA) is 56.7 Å². The quantitative estimate of drug-likeness (QED) is 0.180. The summed E-state index contributed by atoms with van der Waals surface area (Å²) in [6.45, 7) is 0. The number of fused-ring (bicyclic) bond motifs is 7. The monoisotopic (exact) mass is 690 g/mol. The van der Waals surface area contributed by atoms with Gasteiger partial charge in [-0.3, -0.25) is 0 Å². The first-order valence-corrected chi connectivity index (χ1v) is 18.1. The van der Waals surface area contributed by atoms with E-state index in [1.165, 1.54) is 21.5 Å². The van der Waals surface area contributed by atoms with Gasteiger partial charge in [0, 0.05) is 44.3 Å². The minimum absolute atomic E-state index is 0.583. The second kappa shape index (κ2) is 12.1. The minimum atomic E-state index is 0.583. The third-order valence-corrected chi connectivity index (χ3v) is 10.4. The molecule has 0 N–H and O–H groups in total. The summed E-state index contributed by atoms with van der Waals surface area (Å²) in [6.07, 6.45) is 0. The summed E-state index contributed by atoms with van der Waals surface area (Å²) in [5.41, 5.74) is 9.77. The summed E-state index contributed by atoms with van der Waals surface area (Å²) in [4.78, 5) is 15.6. The number of para-hydroxylation sites is 2. The highest BCUT2D eigenvalue weighted by Gasteiger charge is 2.22. The van der Waals surface area contributed by atoms with E-state index < -0.39 is 0 Å². The van der Waals surface area contributed by atoms with Crippen LogP contribution >= 0.6 is 0 Å². The molecule has 0 fully saturated rings. The number of nitrogens with zero attached hydrogens (tertiary/aromatic N) is 4. The van der Waals surface area contributed by atoms with E-state index in [-0.39, 0.29) is 0 Å². The molecule has 3 heterocycles. The molecule has 11 rings (SSSR count). The fraction of sp³-hybridized carbons (Fsp3) is 0. The van der Waals surface area contributed by atoms with Gasteiger partial charge in [-0.2, -0.15) is 0 Å². The number of hydrogen-bond donors (Lipinski definition) is 0. The minimum Gasteiger partial charge on any atom is -0.456 e. The Labute approximate surface area is 310 Å². The van der Waals surface area contributed by atoms with Crippen molar-refractivity contribution in [2.24, 2.45) is 0 Å². The molecule has 0 spiro atoms. The molecular formula is C49H30N4O. The molecule has 11 aromatic rings. The maximum absolute atomic E-state index is 6.54. The lowest BCUT2D eigenvalue weighted by molar-refractivity contribution is 0.668. The van der Waals surface area contributed by atoms with E-state index >= 15 is 0 Å². The van der Waals surface area contributed by atoms with Crippen LogP contribution in [0, 0.1) is 0 Å². The molecule has 0 saturated heterocycles. The Bertz CT molecular complexity index is 3200. The fourth-order valence-corrected chi connectivity index (χ4v) is 7.82. The fourth-order valence-electron chi connectivity index (χ4n) is 7.82. The molecule has 0 bridgehead atoms. The Morgan fingerprint density at radius 2 is 0.907 bits per heavy atom. The first-order valence-electron chi connectivity index (χ1n) is 18.1. The van der Waals surface area contributed by atoms with Gasteiger partial charge in [0.2, 0.25) is 0 Å². The summed E-state index contributed by atoms with van der Waals surface area (Å²) >= 11 is 0. The van der Waals surface area contributed by atoms with Gasteiger partial charge in [0.25, 0.3) is 0 Å². The molecule has 0 radical (unpaired) electrons. The molecule has 0 aliphatic heterocycles. The average Bonchev–Trinajstić information content (AvgIpc) is 3.77. The summed E-state index contributed by atoms with van der Waals surface area (Å²) in [5.74, 6) is 1.80. The molecule has 0 aliphatic carbocycles. The second-order valence-electron chi connectivity index (χ2n) is 13.6. The molecule has 3 aromatic heterocycles. The van der Waals surface area contributed by atoms with Gasteiger partial charge in [0.15, 0.2) is 17.5 Å². The number of benzene rings is 8. The molecule has 8 aromatic carbocycles. The maximum atomic E-state index is 6.54. The van der Waals surface area contributed by atoms with Crippen LogP contribution in [0.1, 0.15) is 0 Å². The van der Waals surface area contributed by atoms with Gasteiger partial charge in [0.1, 0.15) is 11.2 Å². The molecule has 54 heavy (non-hydrogen) atoms. The van der Waals surface area contributed by atoms with Crippen LogP contribution < -0.4 is 0 Å². The van der Waals surface area contributed by atoms with Crippen molar-refractivity contribution < 1.29 is 4.42 Å². The van der Waals surface area contributed by atoms with E-state index in [0.29, 0.717) is 17.5 Å². The lowest BCUT2D eigenvalue weighted by Gasteiger charge is -2.15. The maximum Gasteiger partial charge on any atom is 0.166 e. The van der Waals surface area contributed by atoms with E-state index in [1.54, 1.807) is 0 Å². The van der Waals surface area contributed by atoms with Gasteiger partial charge in [0.05, 0.1) is 16.7 Å². The number of hydrogen-bond acceptors (Lipinski definition) is 4. The lowest BCUT2D eigenvalue weighted by Crippen LogP contribution is -2.04. The van der Waals surface area contributed by atoms with Crippen molar-refractivity contribution in [2.75, 3.05) is 0 Å². The van der Waals surface area contributed by atoms with Gasteiger partial charge >= 0.3 is 0 Å². The molecule has 0 amide bonds. The van der Waals surface area contributed by atoms with Crippen LogP contribution in [0.15, 0.2) is 186 Å². The lowest BCUT2D eigenvalue weighted by atomic mass is 10.0. The average molecular weight is 691 g/mol. The van der Waals surface area contributed by atoms with Crippen molar-refractivity contribution in [3.63, 3.8) is 0 Å². The van der Waals surface area contributed by atoms with Crippen LogP contribution in [0.4, 0.5) is 0 Å². The molecule has 0 unspecified atom stereocenters. The highest BCUT2D eigenvalue weighted by Crippen LogP contribution is 2.41. The zero-order valence-corrected chi connectivity index (χ0v) is 29.0. The van der Waals surface area contributed by atoms with Crippen molar-refractivity contribution in [1.82, 2.24) is 19.5 Å². The molecular weight excluding hydrogens is 661 g/mol. The standard InChI is InChI=1S/C49H30N4O/c1-3-13-31(14-4-1)32-23-25-34(26-24-32)48-50-47(33-15-5-2-6-16-33)51-49(52-48)41-29-40-38-20-10-12-22-45(38)54-46(40)30-44(41)53-42-21-11-9-19-37(42)39-27-35-17-7-8-18-36(35)28-43(39)53/h1-30H. The van der Waals surface area contributed by atoms with Crippen LogP contribution in [-0.2, 0) is 0 Å². The Kier molecular flexibility index (Phi) is 6.79. The van der Waals surface area contributed by atoms with Crippen molar-refractivity contribution in [3.8, 4) is 51.0 Å². The van der Waals surface area contributed by atoms with Crippen molar-refractivity contribution in [3.05, 3.63) is 182 Å². The van der Waals surface area contributed by atoms with E-state index in [1.807, 2.05) is 48.5 Å². The molecule has 0 aliphatic rings. The summed E-state index contributed by atoms with van der Waals surface area (Å²) in [6, 6.07) is 63.3. The van der Waals surface area contributed by atoms with Crippen LogP contribution in [0.25, 0.3) is 105 Å². The number of rotatable bonds is 5. The van der Waals surface area contributed by atoms with E-state index in [4.69, 9.17) is 19.4 Å². The molecule has 0 saturated carbocycles. The highest BCUT2D eigenvalue weighted by atomic mass is 16.3. The molecule has 5 nitrogen and oxygen atoms in total. The van der Waals surface area contributed by atoms with Crippen molar-refractivity contribution in [1.29, 1.82) is 0 Å². The van der Waals surface area contributed by atoms with Crippen LogP contribution in [0.5, 0.6) is 0 Å². The summed E-state index contributed by atoms with van der Waals surface area (Å²) in [7, 11) is 0. The van der Waals surface area contributed by atoms with Crippen LogP contribution in [0.3, 0.4) is 0 Å². The normalized spacial score (nSPS) is 11.7. The second-order valence-corrected chi connectivity index (χ2v) is 13.6. The van der Waals surface area contributed by atoms with Crippen LogP contribution in [0.2, 0.25) is 0 Å². The number of furan rings is 1. The molecule has 5 heteroatoms. The van der Waals surface area contributed by atoms with Gasteiger partial charge in [-0.05, 0) is 52.2 Å². The SMILES string of the molecule is c1ccc(-c2ccc(-c3nc(-c4ccccc4)nc(-c4cc5c(cc4-n4c6ccccc6c6cc7ccccc7cc64)oc4ccccc45)n3)cc2)cc1. The Morgan fingerprint density at radius 1 is 0.352 bits per heavy atom.